The summed E-state index contributed by atoms with van der Waals surface area (Å²) in [5, 5.41) is 7.98. The summed E-state index contributed by atoms with van der Waals surface area (Å²) in [5.74, 6) is 0.0318. The van der Waals surface area contributed by atoms with Crippen LogP contribution in [-0.2, 0) is 10.0 Å². The van der Waals surface area contributed by atoms with Crippen LogP contribution in [0.2, 0.25) is 0 Å². The Kier molecular flexibility index (Phi) is 10.9. The highest BCUT2D eigenvalue weighted by molar-refractivity contribution is 7.89. The molecule has 0 aliphatic heterocycles. The summed E-state index contributed by atoms with van der Waals surface area (Å²) in [6.07, 6.45) is 10.4. The number of nitrogens with two attached hydrogens (primary N) is 1. The van der Waals surface area contributed by atoms with Crippen LogP contribution >= 0.6 is 0 Å². The molecule has 5 heteroatoms. The minimum absolute atomic E-state index is 0.0318. The summed E-state index contributed by atoms with van der Waals surface area (Å²) in [6, 6.07) is 0. The topological polar surface area (TPSA) is 72.2 Å². The van der Waals surface area contributed by atoms with Gasteiger partial charge in [-0.15, -0.1) is 0 Å². The van der Waals surface area contributed by atoms with E-state index in [2.05, 4.69) is 12.2 Å². The number of hydrogen-bond donors (Lipinski definition) is 2. The molecule has 17 heavy (non-hydrogen) atoms. The first-order valence-electron chi connectivity index (χ1n) is 6.77. The van der Waals surface area contributed by atoms with Gasteiger partial charge in [-0.2, -0.15) is 0 Å². The molecule has 0 spiro atoms. The minimum Gasteiger partial charge on any atom is -0.316 e. The zero-order valence-electron chi connectivity index (χ0n) is 11.1. The Morgan fingerprint density at radius 3 is 1.94 bits per heavy atom. The molecule has 0 fully saturated rings. The van der Waals surface area contributed by atoms with E-state index in [1.807, 2.05) is 0 Å². The van der Waals surface area contributed by atoms with E-state index in [1.165, 1.54) is 44.9 Å². The van der Waals surface area contributed by atoms with Gasteiger partial charge in [0.1, 0.15) is 0 Å². The highest BCUT2D eigenvalue weighted by Gasteiger charge is 2.00. The maximum absolute atomic E-state index is 10.6. The lowest BCUT2D eigenvalue weighted by Crippen LogP contribution is -2.27. The molecule has 0 amide bonds. The van der Waals surface area contributed by atoms with Crippen molar-refractivity contribution in [2.45, 2.75) is 58.3 Å². The van der Waals surface area contributed by atoms with Crippen molar-refractivity contribution in [1.29, 1.82) is 0 Å². The molecular weight excluding hydrogens is 236 g/mol. The van der Waals surface area contributed by atoms with Crippen LogP contribution in [0.4, 0.5) is 0 Å². The van der Waals surface area contributed by atoms with Crippen molar-refractivity contribution in [3.8, 4) is 0 Å². The van der Waals surface area contributed by atoms with Crippen molar-refractivity contribution in [1.82, 2.24) is 5.32 Å². The second-order valence-corrected chi connectivity index (χ2v) is 6.33. The van der Waals surface area contributed by atoms with Crippen molar-refractivity contribution >= 4 is 10.0 Å². The first kappa shape index (κ1) is 16.9. The van der Waals surface area contributed by atoms with E-state index >= 15 is 0 Å². The first-order chi connectivity index (χ1) is 8.06. The van der Waals surface area contributed by atoms with Crippen LogP contribution < -0.4 is 10.5 Å². The average Bonchev–Trinajstić information content (AvgIpc) is 2.24. The third kappa shape index (κ3) is 15.9. The molecule has 3 N–H and O–H groups in total. The van der Waals surface area contributed by atoms with Crippen LogP contribution in [-0.4, -0.2) is 27.3 Å². The molecule has 0 unspecified atom stereocenters. The van der Waals surface area contributed by atoms with Crippen molar-refractivity contribution < 1.29 is 8.42 Å². The van der Waals surface area contributed by atoms with Crippen LogP contribution in [0.25, 0.3) is 0 Å². The van der Waals surface area contributed by atoms with Crippen molar-refractivity contribution in [2.24, 2.45) is 5.14 Å². The van der Waals surface area contributed by atoms with E-state index in [4.69, 9.17) is 5.14 Å². The normalized spacial score (nSPS) is 11.9. The fraction of sp³-hybridized carbons (Fsp3) is 1.00. The van der Waals surface area contributed by atoms with E-state index in [0.29, 0.717) is 6.54 Å². The van der Waals surface area contributed by atoms with E-state index in [1.54, 1.807) is 0 Å². The number of rotatable bonds is 12. The molecule has 0 atom stereocenters. The molecule has 0 saturated heterocycles. The molecule has 0 radical (unpaired) electrons. The molecule has 0 saturated carbocycles. The van der Waals surface area contributed by atoms with Crippen molar-refractivity contribution in [2.75, 3.05) is 18.8 Å². The molecule has 0 aliphatic rings. The van der Waals surface area contributed by atoms with Gasteiger partial charge in [-0.1, -0.05) is 51.9 Å². The highest BCUT2D eigenvalue weighted by atomic mass is 32.2. The Hall–Kier alpha value is -0.130. The van der Waals surface area contributed by atoms with Crippen molar-refractivity contribution in [3.63, 3.8) is 0 Å². The standard InChI is InChI=1S/C12H28N2O2S/c1-2-3-4-5-6-7-8-9-10-14-11-12-17(13,15)16/h14H,2-12H2,1H3,(H2,13,15,16). The third-order valence-electron chi connectivity index (χ3n) is 2.77. The van der Waals surface area contributed by atoms with Gasteiger partial charge in [0.15, 0.2) is 0 Å². The number of primary sulfonamides is 1. The predicted molar refractivity (Wildman–Crippen MR) is 73.5 cm³/mol. The van der Waals surface area contributed by atoms with Gasteiger partial charge >= 0.3 is 0 Å². The number of sulfonamides is 1. The number of nitrogens with one attached hydrogen (secondary N) is 1. The Morgan fingerprint density at radius 1 is 0.882 bits per heavy atom. The molecule has 0 aromatic rings. The van der Waals surface area contributed by atoms with E-state index < -0.39 is 10.0 Å². The van der Waals surface area contributed by atoms with Gasteiger partial charge in [0.2, 0.25) is 10.0 Å². The maximum Gasteiger partial charge on any atom is 0.210 e. The second kappa shape index (κ2) is 11.0. The molecule has 0 heterocycles. The Morgan fingerprint density at radius 2 is 1.41 bits per heavy atom. The Balaban J connectivity index is 3.04. The Labute approximate surface area is 106 Å². The van der Waals surface area contributed by atoms with Crippen LogP contribution in [0.1, 0.15) is 58.3 Å². The smallest absolute Gasteiger partial charge is 0.210 e. The summed E-state index contributed by atoms with van der Waals surface area (Å²) < 4.78 is 21.3. The van der Waals surface area contributed by atoms with Gasteiger partial charge < -0.3 is 5.32 Å². The van der Waals surface area contributed by atoms with E-state index in [9.17, 15) is 8.42 Å². The first-order valence-corrected chi connectivity index (χ1v) is 8.49. The lowest BCUT2D eigenvalue weighted by molar-refractivity contribution is 0.557. The SMILES string of the molecule is CCCCCCCCCCNCCS(N)(=O)=O. The summed E-state index contributed by atoms with van der Waals surface area (Å²) in [4.78, 5) is 0. The lowest BCUT2D eigenvalue weighted by atomic mass is 10.1. The van der Waals surface area contributed by atoms with Crippen LogP contribution in [0.5, 0.6) is 0 Å². The third-order valence-corrected chi connectivity index (χ3v) is 3.54. The fourth-order valence-corrected chi connectivity index (χ4v) is 2.15. The fourth-order valence-electron chi connectivity index (χ4n) is 1.72. The van der Waals surface area contributed by atoms with E-state index in [0.717, 1.165) is 13.0 Å². The second-order valence-electron chi connectivity index (χ2n) is 4.59. The summed E-state index contributed by atoms with van der Waals surface area (Å²) in [5.41, 5.74) is 0. The molecule has 0 aromatic carbocycles. The predicted octanol–water partition coefficient (Wildman–Crippen LogP) is 2.01. The van der Waals surface area contributed by atoms with E-state index in [-0.39, 0.29) is 5.75 Å². The van der Waals surface area contributed by atoms with Crippen molar-refractivity contribution in [3.05, 3.63) is 0 Å². The largest absolute Gasteiger partial charge is 0.316 e. The molecule has 104 valence electrons. The van der Waals surface area contributed by atoms with Crippen LogP contribution in [0, 0.1) is 0 Å². The zero-order valence-corrected chi connectivity index (χ0v) is 11.9. The van der Waals surface area contributed by atoms with Gasteiger partial charge in [0.25, 0.3) is 0 Å². The van der Waals surface area contributed by atoms with Gasteiger partial charge in [-0.05, 0) is 13.0 Å². The molecule has 0 aromatic heterocycles. The lowest BCUT2D eigenvalue weighted by Gasteiger charge is -2.04. The van der Waals surface area contributed by atoms with Gasteiger partial charge in [0.05, 0.1) is 5.75 Å². The number of hydrogen-bond acceptors (Lipinski definition) is 3. The van der Waals surface area contributed by atoms with Gasteiger partial charge in [-0.25, -0.2) is 13.6 Å². The summed E-state index contributed by atoms with van der Waals surface area (Å²) in [7, 11) is -3.30. The number of unbranched alkanes of at least 4 members (excludes halogenated alkanes) is 7. The summed E-state index contributed by atoms with van der Waals surface area (Å²) >= 11 is 0. The maximum atomic E-state index is 10.6. The van der Waals surface area contributed by atoms with Gasteiger partial charge in [0, 0.05) is 6.54 Å². The van der Waals surface area contributed by atoms with Crippen LogP contribution in [0.3, 0.4) is 0 Å². The Bertz CT molecular complexity index is 253. The minimum atomic E-state index is -3.30. The molecular formula is C12H28N2O2S. The monoisotopic (exact) mass is 264 g/mol. The van der Waals surface area contributed by atoms with Gasteiger partial charge in [-0.3, -0.25) is 0 Å². The zero-order chi connectivity index (χ0) is 13.0. The summed E-state index contributed by atoms with van der Waals surface area (Å²) in [6.45, 7) is 3.59. The quantitative estimate of drug-likeness (QED) is 0.530. The van der Waals surface area contributed by atoms with Crippen LogP contribution in [0.15, 0.2) is 0 Å². The molecule has 0 rings (SSSR count). The highest BCUT2D eigenvalue weighted by Crippen LogP contribution is 2.07. The molecule has 0 aliphatic carbocycles. The average molecular weight is 264 g/mol. The molecule has 4 nitrogen and oxygen atoms in total. The molecule has 0 bridgehead atoms.